The van der Waals surface area contributed by atoms with E-state index in [-0.39, 0.29) is 11.9 Å². The Morgan fingerprint density at radius 3 is 2.94 bits per heavy atom. The Kier molecular flexibility index (Phi) is 4.16. The molecule has 1 atom stereocenters. The van der Waals surface area contributed by atoms with Gasteiger partial charge in [-0.15, -0.1) is 0 Å². The largest absolute Gasteiger partial charge is 0.492 e. The Morgan fingerprint density at radius 1 is 1.41 bits per heavy atom. The van der Waals surface area contributed by atoms with Crippen LogP contribution in [0.1, 0.15) is 0 Å². The van der Waals surface area contributed by atoms with Crippen LogP contribution in [0.4, 0.5) is 0 Å². The quantitative estimate of drug-likeness (QED) is 0.580. The Balaban J connectivity index is 1.63. The summed E-state index contributed by atoms with van der Waals surface area (Å²) in [4.78, 5) is 11.6. The average Bonchev–Trinajstić information content (AvgIpc) is 2.89. The highest BCUT2D eigenvalue weighted by molar-refractivity contribution is 5.84. The fraction of sp³-hybridized carbons (Fsp3) is 0.308. The zero-order valence-corrected chi connectivity index (χ0v) is 9.56. The number of nitrogens with one attached hydrogen (secondary N) is 2. The van der Waals surface area contributed by atoms with Crippen molar-refractivity contribution >= 4 is 5.91 Å². The first-order chi connectivity index (χ1) is 8.36. The zero-order valence-electron chi connectivity index (χ0n) is 9.56. The number of hydrogen-bond donors (Lipinski definition) is 2. The summed E-state index contributed by atoms with van der Waals surface area (Å²) in [5, 5.41) is 5.87. The molecule has 1 aromatic rings. The molecule has 4 heteroatoms. The minimum absolute atomic E-state index is 0.00425. The van der Waals surface area contributed by atoms with Crippen LogP contribution in [0.2, 0.25) is 0 Å². The van der Waals surface area contributed by atoms with Crippen LogP contribution in [0, 0.1) is 0 Å². The van der Waals surface area contributed by atoms with Gasteiger partial charge in [-0.05, 0) is 12.1 Å². The minimum atomic E-state index is -0.188. The van der Waals surface area contributed by atoms with Gasteiger partial charge < -0.3 is 10.1 Å². The number of para-hydroxylation sites is 1. The van der Waals surface area contributed by atoms with Gasteiger partial charge in [-0.2, -0.15) is 0 Å². The standard InChI is InChI=1S/C13H16N2O2/c16-13(12-7-4-8-14-12)15-9-10-17-11-5-2-1-3-6-11/h1-7,12,14H,8-10H2,(H,15,16)/t12-/m1/s1. The molecule has 0 spiro atoms. The Bertz CT molecular complexity index is 390. The van der Waals surface area contributed by atoms with Gasteiger partial charge in [0.1, 0.15) is 18.4 Å². The second kappa shape index (κ2) is 6.06. The van der Waals surface area contributed by atoms with Crippen LogP contribution in [0.15, 0.2) is 42.5 Å². The van der Waals surface area contributed by atoms with Crippen LogP contribution < -0.4 is 15.4 Å². The van der Waals surface area contributed by atoms with Crippen LogP contribution in [0.3, 0.4) is 0 Å². The highest BCUT2D eigenvalue weighted by Gasteiger charge is 2.16. The fourth-order valence-corrected chi connectivity index (χ4v) is 1.62. The molecule has 0 aliphatic carbocycles. The second-order valence-electron chi connectivity index (χ2n) is 3.77. The summed E-state index contributed by atoms with van der Waals surface area (Å²) in [5.74, 6) is 0.816. The summed E-state index contributed by atoms with van der Waals surface area (Å²) >= 11 is 0. The van der Waals surface area contributed by atoms with Crippen molar-refractivity contribution in [1.29, 1.82) is 0 Å². The van der Waals surface area contributed by atoms with Crippen molar-refractivity contribution in [2.75, 3.05) is 19.7 Å². The van der Waals surface area contributed by atoms with Crippen molar-refractivity contribution in [3.63, 3.8) is 0 Å². The van der Waals surface area contributed by atoms with E-state index < -0.39 is 0 Å². The number of ether oxygens (including phenoxy) is 1. The number of benzene rings is 1. The molecule has 4 nitrogen and oxygen atoms in total. The molecule has 0 radical (unpaired) electrons. The molecule has 0 fully saturated rings. The highest BCUT2D eigenvalue weighted by Crippen LogP contribution is 2.07. The van der Waals surface area contributed by atoms with E-state index in [2.05, 4.69) is 10.6 Å². The van der Waals surface area contributed by atoms with E-state index in [9.17, 15) is 4.79 Å². The first-order valence-electron chi connectivity index (χ1n) is 5.72. The molecular formula is C13H16N2O2. The third kappa shape index (κ3) is 3.60. The maximum atomic E-state index is 11.6. The van der Waals surface area contributed by atoms with Crippen LogP contribution in [-0.2, 0) is 4.79 Å². The predicted molar refractivity (Wildman–Crippen MR) is 65.9 cm³/mol. The molecule has 0 saturated heterocycles. The topological polar surface area (TPSA) is 50.4 Å². The van der Waals surface area contributed by atoms with Crippen LogP contribution >= 0.6 is 0 Å². The van der Waals surface area contributed by atoms with E-state index in [1.165, 1.54) is 0 Å². The van der Waals surface area contributed by atoms with Crippen molar-refractivity contribution in [2.24, 2.45) is 0 Å². The van der Waals surface area contributed by atoms with Gasteiger partial charge >= 0.3 is 0 Å². The van der Waals surface area contributed by atoms with E-state index in [0.717, 1.165) is 12.3 Å². The van der Waals surface area contributed by atoms with Gasteiger partial charge in [-0.1, -0.05) is 30.4 Å². The van der Waals surface area contributed by atoms with Gasteiger partial charge in [-0.25, -0.2) is 0 Å². The van der Waals surface area contributed by atoms with Gasteiger partial charge in [0.25, 0.3) is 0 Å². The molecule has 1 aliphatic rings. The molecule has 0 bridgehead atoms. The van der Waals surface area contributed by atoms with Gasteiger partial charge in [0.05, 0.1) is 6.54 Å². The molecule has 2 N–H and O–H groups in total. The lowest BCUT2D eigenvalue weighted by Crippen LogP contribution is -2.41. The number of rotatable bonds is 5. The van der Waals surface area contributed by atoms with Crippen molar-refractivity contribution in [3.8, 4) is 5.75 Å². The van der Waals surface area contributed by atoms with Crippen LogP contribution in [-0.4, -0.2) is 31.6 Å². The molecule has 1 heterocycles. The van der Waals surface area contributed by atoms with Crippen molar-refractivity contribution in [3.05, 3.63) is 42.5 Å². The number of hydrogen-bond acceptors (Lipinski definition) is 3. The van der Waals surface area contributed by atoms with Crippen LogP contribution in [0.5, 0.6) is 5.75 Å². The Hall–Kier alpha value is -1.81. The zero-order chi connectivity index (χ0) is 11.9. The SMILES string of the molecule is O=C(NCCOc1ccccc1)[C@H]1C=CCN1. The van der Waals surface area contributed by atoms with Crippen molar-refractivity contribution in [1.82, 2.24) is 10.6 Å². The second-order valence-corrected chi connectivity index (χ2v) is 3.77. The minimum Gasteiger partial charge on any atom is -0.492 e. The molecule has 1 aromatic carbocycles. The first kappa shape index (κ1) is 11.7. The lowest BCUT2D eigenvalue weighted by molar-refractivity contribution is -0.121. The number of carbonyl (C=O) groups is 1. The number of carbonyl (C=O) groups excluding carboxylic acids is 1. The average molecular weight is 232 g/mol. The summed E-state index contributed by atoms with van der Waals surface area (Å²) in [5.41, 5.74) is 0. The summed E-state index contributed by atoms with van der Waals surface area (Å²) in [6, 6.07) is 9.37. The molecular weight excluding hydrogens is 216 g/mol. The van der Waals surface area contributed by atoms with Gasteiger partial charge in [0.2, 0.25) is 5.91 Å². The summed E-state index contributed by atoms with van der Waals surface area (Å²) in [6.07, 6.45) is 3.82. The van der Waals surface area contributed by atoms with E-state index in [1.807, 2.05) is 42.5 Å². The van der Waals surface area contributed by atoms with E-state index >= 15 is 0 Å². The molecule has 0 unspecified atom stereocenters. The Labute approximate surface area is 101 Å². The number of amides is 1. The monoisotopic (exact) mass is 232 g/mol. The maximum absolute atomic E-state index is 11.6. The normalized spacial score (nSPS) is 18.0. The molecule has 0 saturated carbocycles. The van der Waals surface area contributed by atoms with E-state index in [1.54, 1.807) is 0 Å². The summed E-state index contributed by atoms with van der Waals surface area (Å²) in [6.45, 7) is 1.75. The lowest BCUT2D eigenvalue weighted by Gasteiger charge is -2.11. The maximum Gasteiger partial charge on any atom is 0.241 e. The smallest absolute Gasteiger partial charge is 0.241 e. The molecule has 1 amide bonds. The molecule has 17 heavy (non-hydrogen) atoms. The van der Waals surface area contributed by atoms with Gasteiger partial charge in [0.15, 0.2) is 0 Å². The van der Waals surface area contributed by atoms with Crippen molar-refractivity contribution in [2.45, 2.75) is 6.04 Å². The predicted octanol–water partition coefficient (Wildman–Crippen LogP) is 0.710. The summed E-state index contributed by atoms with van der Waals surface area (Å²) in [7, 11) is 0. The van der Waals surface area contributed by atoms with Crippen LogP contribution in [0.25, 0.3) is 0 Å². The third-order valence-corrected chi connectivity index (χ3v) is 2.48. The molecule has 2 rings (SSSR count). The highest BCUT2D eigenvalue weighted by atomic mass is 16.5. The third-order valence-electron chi connectivity index (χ3n) is 2.48. The van der Waals surface area contributed by atoms with E-state index in [4.69, 9.17) is 4.74 Å². The van der Waals surface area contributed by atoms with Crippen molar-refractivity contribution < 1.29 is 9.53 Å². The summed E-state index contributed by atoms with van der Waals surface area (Å²) < 4.78 is 5.47. The van der Waals surface area contributed by atoms with Gasteiger partial charge in [-0.3, -0.25) is 10.1 Å². The van der Waals surface area contributed by atoms with E-state index in [0.29, 0.717) is 13.2 Å². The molecule has 0 aromatic heterocycles. The lowest BCUT2D eigenvalue weighted by atomic mass is 10.3. The van der Waals surface area contributed by atoms with Gasteiger partial charge in [0, 0.05) is 6.54 Å². The Morgan fingerprint density at radius 2 is 2.24 bits per heavy atom. The molecule has 1 aliphatic heterocycles. The fourth-order valence-electron chi connectivity index (χ4n) is 1.62. The first-order valence-corrected chi connectivity index (χ1v) is 5.72. The molecule has 90 valence electrons.